The summed E-state index contributed by atoms with van der Waals surface area (Å²) >= 11 is 1.56. The molecular formula is C16H18N2O2S. The highest BCUT2D eigenvalue weighted by Gasteiger charge is 2.21. The van der Waals surface area contributed by atoms with Crippen molar-refractivity contribution in [2.75, 3.05) is 12.3 Å². The number of aromatic nitrogens is 1. The van der Waals surface area contributed by atoms with E-state index in [2.05, 4.69) is 10.3 Å². The number of nitrogens with one attached hydrogen (secondary N) is 1. The van der Waals surface area contributed by atoms with Crippen molar-refractivity contribution in [2.45, 2.75) is 18.6 Å². The fourth-order valence-corrected chi connectivity index (χ4v) is 2.70. The second kappa shape index (κ2) is 6.80. The second-order valence-electron chi connectivity index (χ2n) is 5.25. The Morgan fingerprint density at radius 3 is 2.90 bits per heavy atom. The third kappa shape index (κ3) is 4.36. The highest BCUT2D eigenvalue weighted by Crippen LogP contribution is 2.27. The number of benzene rings is 1. The lowest BCUT2D eigenvalue weighted by Crippen LogP contribution is -2.27. The van der Waals surface area contributed by atoms with Gasteiger partial charge in [0.25, 0.3) is 0 Å². The molecule has 0 saturated heterocycles. The first kappa shape index (κ1) is 14.2. The normalized spacial score (nSPS) is 14.1. The van der Waals surface area contributed by atoms with E-state index in [0.29, 0.717) is 17.4 Å². The molecule has 1 aliphatic rings. The predicted molar refractivity (Wildman–Crippen MR) is 83.8 cm³/mol. The summed E-state index contributed by atoms with van der Waals surface area (Å²) in [6, 6.07) is 9.81. The molecule has 0 atom stereocenters. The Balaban J connectivity index is 1.43. The first-order valence-corrected chi connectivity index (χ1v) is 8.31. The molecule has 1 saturated carbocycles. The zero-order valence-corrected chi connectivity index (χ0v) is 12.6. The average molecular weight is 302 g/mol. The van der Waals surface area contributed by atoms with Crippen molar-refractivity contribution in [3.8, 4) is 11.5 Å². The van der Waals surface area contributed by atoms with E-state index < -0.39 is 0 Å². The lowest BCUT2D eigenvalue weighted by atomic mass is 10.2. The summed E-state index contributed by atoms with van der Waals surface area (Å²) < 4.78 is 5.47. The molecule has 1 heterocycles. The van der Waals surface area contributed by atoms with Crippen LogP contribution in [0.15, 0.2) is 41.0 Å². The van der Waals surface area contributed by atoms with Gasteiger partial charge in [-0.1, -0.05) is 18.2 Å². The maximum absolute atomic E-state index is 11.6. The van der Waals surface area contributed by atoms with Crippen molar-refractivity contribution >= 4 is 17.7 Å². The SMILES string of the molecule is O=C(CSCc1coc(-c2ccccc2)n1)NCC1CC1. The molecule has 5 heteroatoms. The summed E-state index contributed by atoms with van der Waals surface area (Å²) in [4.78, 5) is 16.1. The summed E-state index contributed by atoms with van der Waals surface area (Å²) in [6.45, 7) is 0.835. The molecule has 3 rings (SSSR count). The van der Waals surface area contributed by atoms with E-state index in [9.17, 15) is 4.79 Å². The number of carbonyl (C=O) groups is 1. The average Bonchev–Trinajstić information content (AvgIpc) is 3.23. The van der Waals surface area contributed by atoms with Gasteiger partial charge >= 0.3 is 0 Å². The Labute approximate surface area is 128 Å². The first-order valence-electron chi connectivity index (χ1n) is 7.15. The van der Waals surface area contributed by atoms with Gasteiger partial charge in [-0.2, -0.15) is 0 Å². The third-order valence-electron chi connectivity index (χ3n) is 3.34. The van der Waals surface area contributed by atoms with Crippen LogP contribution in [-0.4, -0.2) is 23.2 Å². The van der Waals surface area contributed by atoms with Crippen LogP contribution in [0.2, 0.25) is 0 Å². The lowest BCUT2D eigenvalue weighted by Gasteiger charge is -2.02. The summed E-state index contributed by atoms with van der Waals surface area (Å²) in [7, 11) is 0. The Morgan fingerprint density at radius 1 is 1.33 bits per heavy atom. The lowest BCUT2D eigenvalue weighted by molar-refractivity contribution is -0.118. The maximum atomic E-state index is 11.6. The minimum atomic E-state index is 0.110. The summed E-state index contributed by atoms with van der Waals surface area (Å²) in [5.74, 6) is 2.62. The molecule has 0 aliphatic heterocycles. The van der Waals surface area contributed by atoms with Crippen LogP contribution in [0.5, 0.6) is 0 Å². The van der Waals surface area contributed by atoms with Crippen LogP contribution in [0.25, 0.3) is 11.5 Å². The topological polar surface area (TPSA) is 55.1 Å². The van der Waals surface area contributed by atoms with E-state index in [1.165, 1.54) is 12.8 Å². The van der Waals surface area contributed by atoms with E-state index in [1.54, 1.807) is 18.0 Å². The van der Waals surface area contributed by atoms with Gasteiger partial charge in [0.05, 0.1) is 11.4 Å². The van der Waals surface area contributed by atoms with Crippen molar-refractivity contribution in [1.82, 2.24) is 10.3 Å². The molecule has 2 aromatic rings. The van der Waals surface area contributed by atoms with E-state index in [0.717, 1.165) is 23.7 Å². The van der Waals surface area contributed by atoms with E-state index >= 15 is 0 Å². The van der Waals surface area contributed by atoms with Crippen LogP contribution in [-0.2, 0) is 10.5 Å². The van der Waals surface area contributed by atoms with Crippen LogP contribution >= 0.6 is 11.8 Å². The number of carbonyl (C=O) groups excluding carboxylic acids is 1. The molecule has 0 spiro atoms. The molecule has 0 bridgehead atoms. The number of thioether (sulfide) groups is 1. The number of oxazole rings is 1. The Hall–Kier alpha value is -1.75. The van der Waals surface area contributed by atoms with Crippen LogP contribution in [0.4, 0.5) is 0 Å². The highest BCUT2D eigenvalue weighted by molar-refractivity contribution is 7.99. The molecule has 1 fully saturated rings. The number of rotatable bonds is 7. The van der Waals surface area contributed by atoms with Crippen LogP contribution in [0.1, 0.15) is 18.5 Å². The molecule has 1 aliphatic carbocycles. The number of hydrogen-bond donors (Lipinski definition) is 1. The second-order valence-corrected chi connectivity index (χ2v) is 6.24. The number of nitrogens with zero attached hydrogens (tertiary/aromatic N) is 1. The monoisotopic (exact) mass is 302 g/mol. The van der Waals surface area contributed by atoms with E-state index in [4.69, 9.17) is 4.42 Å². The summed E-state index contributed by atoms with van der Waals surface area (Å²) in [5, 5.41) is 2.96. The van der Waals surface area contributed by atoms with Gasteiger partial charge < -0.3 is 9.73 Å². The summed E-state index contributed by atoms with van der Waals surface area (Å²) in [6.07, 6.45) is 4.18. The van der Waals surface area contributed by atoms with Crippen molar-refractivity contribution < 1.29 is 9.21 Å². The van der Waals surface area contributed by atoms with Crippen LogP contribution in [0, 0.1) is 5.92 Å². The minimum absolute atomic E-state index is 0.110. The van der Waals surface area contributed by atoms with E-state index in [-0.39, 0.29) is 5.91 Å². The van der Waals surface area contributed by atoms with Crippen molar-refractivity contribution in [1.29, 1.82) is 0 Å². The van der Waals surface area contributed by atoms with Gasteiger partial charge in [-0.05, 0) is 30.9 Å². The molecule has 21 heavy (non-hydrogen) atoms. The first-order chi connectivity index (χ1) is 10.3. The zero-order valence-electron chi connectivity index (χ0n) is 11.7. The largest absolute Gasteiger partial charge is 0.444 e. The zero-order chi connectivity index (χ0) is 14.5. The highest BCUT2D eigenvalue weighted by atomic mass is 32.2. The number of hydrogen-bond acceptors (Lipinski definition) is 4. The van der Waals surface area contributed by atoms with Gasteiger partial charge in [0, 0.05) is 17.9 Å². The standard InChI is InChI=1S/C16H18N2O2S/c19-15(17-8-12-6-7-12)11-21-10-14-9-20-16(18-14)13-4-2-1-3-5-13/h1-5,9,12H,6-8,10-11H2,(H,17,19). The summed E-state index contributed by atoms with van der Waals surface area (Å²) in [5.41, 5.74) is 1.84. The molecule has 4 nitrogen and oxygen atoms in total. The fraction of sp³-hybridized carbons (Fsp3) is 0.375. The van der Waals surface area contributed by atoms with Gasteiger partial charge in [-0.25, -0.2) is 4.98 Å². The van der Waals surface area contributed by atoms with Gasteiger partial charge in [0.15, 0.2) is 0 Å². The van der Waals surface area contributed by atoms with Crippen molar-refractivity contribution in [3.05, 3.63) is 42.3 Å². The molecule has 1 aromatic carbocycles. The van der Waals surface area contributed by atoms with Gasteiger partial charge in [0.2, 0.25) is 11.8 Å². The maximum Gasteiger partial charge on any atom is 0.230 e. The molecule has 1 amide bonds. The molecule has 0 radical (unpaired) electrons. The molecule has 0 unspecified atom stereocenters. The van der Waals surface area contributed by atoms with Crippen molar-refractivity contribution in [2.24, 2.45) is 5.92 Å². The predicted octanol–water partition coefficient (Wildman–Crippen LogP) is 3.10. The van der Waals surface area contributed by atoms with Gasteiger partial charge in [0.1, 0.15) is 6.26 Å². The smallest absolute Gasteiger partial charge is 0.230 e. The van der Waals surface area contributed by atoms with Gasteiger partial charge in [-0.15, -0.1) is 11.8 Å². The molecular weight excluding hydrogens is 284 g/mol. The Bertz CT molecular complexity index is 593. The van der Waals surface area contributed by atoms with Crippen LogP contribution in [0.3, 0.4) is 0 Å². The molecule has 110 valence electrons. The Morgan fingerprint density at radius 2 is 2.14 bits per heavy atom. The third-order valence-corrected chi connectivity index (χ3v) is 4.31. The number of amides is 1. The van der Waals surface area contributed by atoms with Gasteiger partial charge in [-0.3, -0.25) is 4.79 Å². The molecule has 1 N–H and O–H groups in total. The quantitative estimate of drug-likeness (QED) is 0.854. The minimum Gasteiger partial charge on any atom is -0.444 e. The fourth-order valence-electron chi connectivity index (χ4n) is 1.97. The van der Waals surface area contributed by atoms with E-state index in [1.807, 2.05) is 30.3 Å². The Kier molecular flexibility index (Phi) is 4.60. The molecule has 1 aromatic heterocycles. The van der Waals surface area contributed by atoms with Crippen LogP contribution < -0.4 is 5.32 Å². The van der Waals surface area contributed by atoms with Crippen molar-refractivity contribution in [3.63, 3.8) is 0 Å².